The number of hydrogen-bond donors (Lipinski definition) is 3. The fraction of sp³-hybridized carbons (Fsp3) is 0.500. The fourth-order valence-electron chi connectivity index (χ4n) is 2.67. The predicted molar refractivity (Wildman–Crippen MR) is 98.4 cm³/mol. The van der Waals surface area contributed by atoms with Crippen LogP contribution in [0.4, 0.5) is 5.69 Å². The van der Waals surface area contributed by atoms with Gasteiger partial charge in [-0.2, -0.15) is 4.31 Å². The molecule has 0 radical (unpaired) electrons. The number of quaternary nitrogens is 1. The van der Waals surface area contributed by atoms with Crippen molar-refractivity contribution in [2.75, 3.05) is 38.5 Å². The molecule has 1 fully saturated rings. The molecule has 1 aromatic carbocycles. The second-order valence-electron chi connectivity index (χ2n) is 6.03. The quantitative estimate of drug-likeness (QED) is 0.583. The van der Waals surface area contributed by atoms with Gasteiger partial charge in [0.15, 0.2) is 13.1 Å². The van der Waals surface area contributed by atoms with Crippen LogP contribution in [0, 0.1) is 0 Å². The van der Waals surface area contributed by atoms with Crippen LogP contribution in [0.15, 0.2) is 23.1 Å². The summed E-state index contributed by atoms with van der Waals surface area (Å²) in [6.45, 7) is 1.14. The van der Waals surface area contributed by atoms with Crippen LogP contribution in [0.25, 0.3) is 0 Å². The molecule has 0 bridgehead atoms. The number of carbonyl (C=O) groups excluding carboxylic acids is 2. The van der Waals surface area contributed by atoms with E-state index in [9.17, 15) is 18.0 Å². The number of nitrogens with two attached hydrogens (primary N) is 1. The van der Waals surface area contributed by atoms with Crippen LogP contribution in [-0.2, 0) is 19.6 Å². The van der Waals surface area contributed by atoms with Crippen LogP contribution in [0.3, 0.4) is 0 Å². The van der Waals surface area contributed by atoms with Crippen molar-refractivity contribution < 1.29 is 23.3 Å². The first-order chi connectivity index (χ1) is 12.3. The van der Waals surface area contributed by atoms with Crippen molar-refractivity contribution in [3.05, 3.63) is 23.2 Å². The third-order valence-electron chi connectivity index (χ3n) is 4.09. The maximum atomic E-state index is 12.8. The summed E-state index contributed by atoms with van der Waals surface area (Å²) < 4.78 is 27.0. The molecule has 0 aromatic heterocycles. The van der Waals surface area contributed by atoms with Crippen molar-refractivity contribution in [1.82, 2.24) is 9.62 Å². The Bertz CT molecular complexity index is 764. The second-order valence-corrected chi connectivity index (χ2v) is 8.34. The summed E-state index contributed by atoms with van der Waals surface area (Å²) in [4.78, 5) is 23.1. The molecule has 144 valence electrons. The van der Waals surface area contributed by atoms with Gasteiger partial charge in [-0.1, -0.05) is 18.0 Å². The fourth-order valence-corrected chi connectivity index (χ4v) is 4.69. The first-order valence-corrected chi connectivity index (χ1v) is 10.3. The first kappa shape index (κ1) is 20.6. The minimum Gasteiger partial charge on any atom is -0.354 e. The summed E-state index contributed by atoms with van der Waals surface area (Å²) in [6.07, 6.45) is 2.67. The lowest BCUT2D eigenvalue weighted by Gasteiger charge is -2.26. The molecule has 0 atom stereocenters. The number of piperidine rings is 1. The number of anilines is 1. The Hall–Kier alpha value is -1.68. The third-order valence-corrected chi connectivity index (χ3v) is 6.47. The molecule has 2 rings (SSSR count). The number of nitrogens with one attached hydrogen (secondary N) is 2. The number of rotatable bonds is 7. The van der Waals surface area contributed by atoms with Crippen molar-refractivity contribution >= 4 is 39.1 Å². The first-order valence-electron chi connectivity index (χ1n) is 8.46. The lowest BCUT2D eigenvalue weighted by Crippen LogP contribution is -2.88. The SMILES string of the molecule is CNC(=O)C[NH2+]CC(=O)Nc1ccc(Cl)c(S(=O)(=O)N2CCCCC2)c1. The van der Waals surface area contributed by atoms with Gasteiger partial charge in [0.2, 0.25) is 10.0 Å². The van der Waals surface area contributed by atoms with Crippen LogP contribution < -0.4 is 16.0 Å². The highest BCUT2D eigenvalue weighted by molar-refractivity contribution is 7.89. The predicted octanol–water partition coefficient (Wildman–Crippen LogP) is -0.237. The minimum absolute atomic E-state index is 0.00629. The van der Waals surface area contributed by atoms with E-state index in [1.807, 2.05) is 0 Å². The van der Waals surface area contributed by atoms with Crippen LogP contribution in [0.5, 0.6) is 0 Å². The summed E-state index contributed by atoms with van der Waals surface area (Å²) in [7, 11) is -2.17. The highest BCUT2D eigenvalue weighted by atomic mass is 35.5. The van der Waals surface area contributed by atoms with Crippen LogP contribution >= 0.6 is 11.6 Å². The van der Waals surface area contributed by atoms with E-state index in [1.54, 1.807) is 11.4 Å². The Morgan fingerprint density at radius 2 is 1.81 bits per heavy atom. The molecule has 4 N–H and O–H groups in total. The van der Waals surface area contributed by atoms with E-state index in [-0.39, 0.29) is 34.8 Å². The lowest BCUT2D eigenvalue weighted by molar-refractivity contribution is -0.632. The Balaban J connectivity index is 2.06. The summed E-state index contributed by atoms with van der Waals surface area (Å²) in [5, 5.41) is 6.77. The summed E-state index contributed by atoms with van der Waals surface area (Å²) in [5.41, 5.74) is 0.350. The van der Waals surface area contributed by atoms with E-state index in [1.165, 1.54) is 23.5 Å². The molecule has 1 aliphatic rings. The molecule has 0 unspecified atom stereocenters. The van der Waals surface area contributed by atoms with E-state index in [0.29, 0.717) is 18.8 Å². The summed E-state index contributed by atoms with van der Waals surface area (Å²) in [5.74, 6) is -0.517. The van der Waals surface area contributed by atoms with E-state index >= 15 is 0 Å². The highest BCUT2D eigenvalue weighted by Gasteiger charge is 2.28. The molecule has 2 amide bonds. The normalized spacial score (nSPS) is 15.5. The van der Waals surface area contributed by atoms with Crippen LogP contribution in [-0.4, -0.2) is 57.8 Å². The van der Waals surface area contributed by atoms with Gasteiger partial charge in [-0.15, -0.1) is 0 Å². The number of carbonyl (C=O) groups is 2. The smallest absolute Gasteiger partial charge is 0.279 e. The van der Waals surface area contributed by atoms with Gasteiger partial charge in [0.1, 0.15) is 4.90 Å². The number of hydrogen-bond acceptors (Lipinski definition) is 4. The molecule has 1 saturated heterocycles. The second kappa shape index (κ2) is 9.31. The number of benzene rings is 1. The Morgan fingerprint density at radius 1 is 1.15 bits per heavy atom. The van der Waals surface area contributed by atoms with Crippen molar-refractivity contribution in [3.63, 3.8) is 0 Å². The molecular weight excluding hydrogens is 380 g/mol. The molecule has 0 spiro atoms. The number of sulfonamides is 1. The zero-order chi connectivity index (χ0) is 19.2. The molecule has 0 saturated carbocycles. The summed E-state index contributed by atoms with van der Waals surface area (Å²) >= 11 is 6.10. The van der Waals surface area contributed by atoms with Crippen LogP contribution in [0.2, 0.25) is 5.02 Å². The van der Waals surface area contributed by atoms with Gasteiger partial charge in [0, 0.05) is 25.8 Å². The molecular formula is C16H24ClN4O4S+. The molecule has 26 heavy (non-hydrogen) atoms. The number of likely N-dealkylation sites (N-methyl/N-ethyl adjacent to an activating group) is 1. The van der Waals surface area contributed by atoms with E-state index in [2.05, 4.69) is 10.6 Å². The highest BCUT2D eigenvalue weighted by Crippen LogP contribution is 2.29. The lowest BCUT2D eigenvalue weighted by atomic mass is 10.2. The van der Waals surface area contributed by atoms with Crippen molar-refractivity contribution in [1.29, 1.82) is 0 Å². The maximum Gasteiger partial charge on any atom is 0.279 e. The van der Waals surface area contributed by atoms with Gasteiger partial charge in [-0.25, -0.2) is 8.42 Å². The molecule has 1 aliphatic heterocycles. The topological polar surface area (TPSA) is 112 Å². The standard InChI is InChI=1S/C16H23ClN4O4S/c1-18-15(22)10-19-11-16(23)20-12-5-6-13(17)14(9-12)26(24,25)21-7-3-2-4-8-21/h5-6,9,19H,2-4,7-8,10-11H2,1H3,(H,18,22)(H,20,23)/p+1. The van der Waals surface area contributed by atoms with Gasteiger partial charge in [-0.05, 0) is 31.0 Å². The van der Waals surface area contributed by atoms with Gasteiger partial charge in [0.25, 0.3) is 11.8 Å². The zero-order valence-corrected chi connectivity index (χ0v) is 16.2. The monoisotopic (exact) mass is 403 g/mol. The average Bonchev–Trinajstić information content (AvgIpc) is 2.63. The van der Waals surface area contributed by atoms with Crippen LogP contribution in [0.1, 0.15) is 19.3 Å². The summed E-state index contributed by atoms with van der Waals surface area (Å²) in [6, 6.07) is 4.39. The van der Waals surface area contributed by atoms with Crippen molar-refractivity contribution in [2.24, 2.45) is 0 Å². The third kappa shape index (κ3) is 5.41. The number of nitrogens with zero attached hydrogens (tertiary/aromatic N) is 1. The largest absolute Gasteiger partial charge is 0.354 e. The molecule has 10 heteroatoms. The van der Waals surface area contributed by atoms with E-state index in [0.717, 1.165) is 19.3 Å². The number of amides is 2. The maximum absolute atomic E-state index is 12.8. The van der Waals surface area contributed by atoms with Gasteiger partial charge in [-0.3, -0.25) is 9.59 Å². The molecule has 8 nitrogen and oxygen atoms in total. The van der Waals surface area contributed by atoms with Crippen molar-refractivity contribution in [2.45, 2.75) is 24.2 Å². The van der Waals surface area contributed by atoms with Gasteiger partial charge >= 0.3 is 0 Å². The zero-order valence-electron chi connectivity index (χ0n) is 14.6. The Kier molecular flexibility index (Phi) is 7.39. The van der Waals surface area contributed by atoms with Gasteiger partial charge in [0.05, 0.1) is 5.02 Å². The van der Waals surface area contributed by atoms with E-state index < -0.39 is 10.0 Å². The Morgan fingerprint density at radius 3 is 2.46 bits per heavy atom. The molecule has 0 aliphatic carbocycles. The molecule has 1 heterocycles. The van der Waals surface area contributed by atoms with E-state index in [4.69, 9.17) is 11.6 Å². The average molecular weight is 404 g/mol. The van der Waals surface area contributed by atoms with Gasteiger partial charge < -0.3 is 16.0 Å². The Labute approximate surface area is 158 Å². The molecule has 1 aromatic rings. The van der Waals surface area contributed by atoms with Crippen molar-refractivity contribution in [3.8, 4) is 0 Å². The number of halogens is 1. The minimum atomic E-state index is -3.69.